The van der Waals surface area contributed by atoms with Gasteiger partial charge in [0.25, 0.3) is 0 Å². The zero-order valence-corrected chi connectivity index (χ0v) is 14.6. The van der Waals surface area contributed by atoms with Crippen molar-refractivity contribution in [1.82, 2.24) is 9.78 Å². The van der Waals surface area contributed by atoms with E-state index in [-0.39, 0.29) is 17.6 Å². The maximum atomic E-state index is 12.3. The number of phenolic OH excluding ortho intramolecular Hbond substituents is 1. The van der Waals surface area contributed by atoms with Gasteiger partial charge in [0.2, 0.25) is 5.91 Å². The fourth-order valence-corrected chi connectivity index (χ4v) is 3.45. The van der Waals surface area contributed by atoms with Crippen molar-refractivity contribution in [3.8, 4) is 17.2 Å². The quantitative estimate of drug-likeness (QED) is 0.760. The largest absolute Gasteiger partial charge is 0.508 e. The number of ether oxygens (including phenoxy) is 1. The van der Waals surface area contributed by atoms with Crippen LogP contribution in [0.25, 0.3) is 5.69 Å². The average molecular weight is 349 g/mol. The van der Waals surface area contributed by atoms with Crippen LogP contribution in [0.4, 0.5) is 5.82 Å². The number of carbonyl (C=O) groups is 1. The molecule has 132 valence electrons. The zero-order chi connectivity index (χ0) is 18.3. The molecule has 1 atom stereocenters. The number of amides is 1. The molecule has 0 saturated heterocycles. The second-order valence-corrected chi connectivity index (χ2v) is 6.35. The van der Waals surface area contributed by atoms with E-state index in [1.165, 1.54) is 0 Å². The number of anilines is 1. The summed E-state index contributed by atoms with van der Waals surface area (Å²) in [5, 5.41) is 17.2. The van der Waals surface area contributed by atoms with Crippen LogP contribution in [0.5, 0.6) is 11.5 Å². The van der Waals surface area contributed by atoms with Crippen LogP contribution in [0.2, 0.25) is 0 Å². The van der Waals surface area contributed by atoms with Crippen LogP contribution >= 0.6 is 0 Å². The smallest absolute Gasteiger partial charge is 0.226 e. The Morgan fingerprint density at radius 3 is 2.50 bits per heavy atom. The van der Waals surface area contributed by atoms with Gasteiger partial charge in [-0.05, 0) is 48.9 Å². The van der Waals surface area contributed by atoms with E-state index in [9.17, 15) is 9.90 Å². The molecule has 0 saturated carbocycles. The number of nitrogens with zero attached hydrogens (tertiary/aromatic N) is 2. The first kappa shape index (κ1) is 16.2. The second kappa shape index (κ2) is 6.22. The molecule has 0 fully saturated rings. The van der Waals surface area contributed by atoms with Gasteiger partial charge >= 0.3 is 0 Å². The van der Waals surface area contributed by atoms with Crippen LogP contribution in [-0.2, 0) is 4.79 Å². The van der Waals surface area contributed by atoms with Crippen molar-refractivity contribution in [2.45, 2.75) is 19.3 Å². The number of aromatic nitrogens is 2. The molecule has 26 heavy (non-hydrogen) atoms. The molecule has 0 spiro atoms. The average Bonchev–Trinajstić information content (AvgIpc) is 2.98. The molecule has 0 radical (unpaired) electrons. The Morgan fingerprint density at radius 2 is 1.85 bits per heavy atom. The Labute approximate surface area is 151 Å². The van der Waals surface area contributed by atoms with Crippen LogP contribution in [0.15, 0.2) is 48.5 Å². The number of phenols is 1. The molecule has 4 rings (SSSR count). The lowest BCUT2D eigenvalue weighted by molar-refractivity contribution is -0.116. The highest BCUT2D eigenvalue weighted by Gasteiger charge is 2.32. The van der Waals surface area contributed by atoms with E-state index < -0.39 is 0 Å². The van der Waals surface area contributed by atoms with E-state index in [4.69, 9.17) is 4.74 Å². The fraction of sp³-hybridized carbons (Fsp3) is 0.200. The molecule has 6 heteroatoms. The van der Waals surface area contributed by atoms with Gasteiger partial charge in [-0.1, -0.05) is 12.1 Å². The summed E-state index contributed by atoms with van der Waals surface area (Å²) in [7, 11) is 1.62. The number of fused-ring (bicyclic) bond motifs is 1. The molecule has 1 aliphatic heterocycles. The van der Waals surface area contributed by atoms with Gasteiger partial charge in [-0.3, -0.25) is 4.79 Å². The fourth-order valence-electron chi connectivity index (χ4n) is 3.45. The van der Waals surface area contributed by atoms with Gasteiger partial charge < -0.3 is 15.2 Å². The van der Waals surface area contributed by atoms with Crippen molar-refractivity contribution in [1.29, 1.82) is 0 Å². The lowest BCUT2D eigenvalue weighted by Gasteiger charge is -2.24. The summed E-state index contributed by atoms with van der Waals surface area (Å²) >= 11 is 0. The molecule has 0 unspecified atom stereocenters. The van der Waals surface area contributed by atoms with E-state index in [1.54, 1.807) is 23.9 Å². The topological polar surface area (TPSA) is 76.4 Å². The number of nitrogens with one attached hydrogen (secondary N) is 1. The summed E-state index contributed by atoms with van der Waals surface area (Å²) < 4.78 is 6.96. The Hall–Kier alpha value is -3.28. The SMILES string of the molecule is COc1ccc(-n2nc(C)c3c2NC(=O)C[C@@H]3c2ccc(O)cc2)cc1. The van der Waals surface area contributed by atoms with Crippen molar-refractivity contribution in [2.75, 3.05) is 12.4 Å². The highest BCUT2D eigenvalue weighted by Crippen LogP contribution is 2.40. The summed E-state index contributed by atoms with van der Waals surface area (Å²) in [6.07, 6.45) is 0.354. The molecule has 1 aromatic heterocycles. The number of aryl methyl sites for hydroxylation is 1. The third kappa shape index (κ3) is 2.69. The first-order valence-corrected chi connectivity index (χ1v) is 8.39. The molecule has 2 N–H and O–H groups in total. The number of benzene rings is 2. The minimum atomic E-state index is -0.0913. The summed E-state index contributed by atoms with van der Waals surface area (Å²) in [4.78, 5) is 12.3. The van der Waals surface area contributed by atoms with E-state index in [1.807, 2.05) is 43.3 Å². The lowest BCUT2D eigenvalue weighted by Crippen LogP contribution is -2.24. The second-order valence-electron chi connectivity index (χ2n) is 6.35. The summed E-state index contributed by atoms with van der Waals surface area (Å²) in [6, 6.07) is 14.5. The number of methoxy groups -OCH3 is 1. The maximum absolute atomic E-state index is 12.3. The standard InChI is InChI=1S/C20H19N3O3/c1-12-19-17(13-3-7-15(24)8-4-13)11-18(25)21-20(19)23(22-12)14-5-9-16(26-2)10-6-14/h3-10,17,24H,11H2,1-2H3,(H,21,25)/t17-/m1/s1. The van der Waals surface area contributed by atoms with Gasteiger partial charge in [-0.2, -0.15) is 5.10 Å². The minimum Gasteiger partial charge on any atom is -0.508 e. The maximum Gasteiger partial charge on any atom is 0.226 e. The Morgan fingerprint density at radius 1 is 1.15 bits per heavy atom. The number of aromatic hydroxyl groups is 1. The molecular formula is C20H19N3O3. The normalized spacial score (nSPS) is 16.1. The molecule has 3 aromatic rings. The summed E-state index contributed by atoms with van der Waals surface area (Å²) in [6.45, 7) is 1.95. The van der Waals surface area contributed by atoms with Crippen molar-refractivity contribution in [3.05, 3.63) is 65.4 Å². The van der Waals surface area contributed by atoms with Gasteiger partial charge in [0.15, 0.2) is 0 Å². The van der Waals surface area contributed by atoms with Gasteiger partial charge in [0.05, 0.1) is 18.5 Å². The molecule has 1 aliphatic rings. The molecule has 6 nitrogen and oxygen atoms in total. The molecule has 2 heterocycles. The van der Waals surface area contributed by atoms with E-state index in [0.29, 0.717) is 12.2 Å². The van der Waals surface area contributed by atoms with E-state index in [0.717, 1.165) is 28.3 Å². The minimum absolute atomic E-state index is 0.0507. The van der Waals surface area contributed by atoms with Gasteiger partial charge in [0, 0.05) is 17.9 Å². The third-order valence-electron chi connectivity index (χ3n) is 4.71. The monoisotopic (exact) mass is 349 g/mol. The van der Waals surface area contributed by atoms with Crippen molar-refractivity contribution in [3.63, 3.8) is 0 Å². The van der Waals surface area contributed by atoms with Crippen LogP contribution in [0.1, 0.15) is 29.2 Å². The van der Waals surface area contributed by atoms with Crippen molar-refractivity contribution in [2.24, 2.45) is 0 Å². The predicted octanol–water partition coefficient (Wildman–Crippen LogP) is 3.37. The molecule has 2 aromatic carbocycles. The van der Waals surface area contributed by atoms with Crippen LogP contribution in [0.3, 0.4) is 0 Å². The number of hydrogen-bond donors (Lipinski definition) is 2. The van der Waals surface area contributed by atoms with Crippen LogP contribution in [0, 0.1) is 6.92 Å². The van der Waals surface area contributed by atoms with Gasteiger partial charge in [-0.25, -0.2) is 4.68 Å². The molecular weight excluding hydrogens is 330 g/mol. The van der Waals surface area contributed by atoms with Crippen LogP contribution < -0.4 is 10.1 Å². The molecule has 0 bridgehead atoms. The number of rotatable bonds is 3. The molecule has 0 aliphatic carbocycles. The highest BCUT2D eigenvalue weighted by atomic mass is 16.5. The Kier molecular flexibility index (Phi) is 3.88. The first-order chi connectivity index (χ1) is 12.6. The lowest BCUT2D eigenvalue weighted by atomic mass is 9.86. The van der Waals surface area contributed by atoms with Crippen molar-refractivity contribution >= 4 is 11.7 Å². The summed E-state index contributed by atoms with van der Waals surface area (Å²) in [5.74, 6) is 1.52. The Bertz CT molecular complexity index is 959. The molecule has 1 amide bonds. The third-order valence-corrected chi connectivity index (χ3v) is 4.71. The van der Waals surface area contributed by atoms with E-state index in [2.05, 4.69) is 10.4 Å². The first-order valence-electron chi connectivity index (χ1n) is 8.39. The highest BCUT2D eigenvalue weighted by molar-refractivity contribution is 5.95. The van der Waals surface area contributed by atoms with Gasteiger partial charge in [0.1, 0.15) is 17.3 Å². The Balaban J connectivity index is 1.82. The predicted molar refractivity (Wildman–Crippen MR) is 98.0 cm³/mol. The van der Waals surface area contributed by atoms with E-state index >= 15 is 0 Å². The number of hydrogen-bond acceptors (Lipinski definition) is 4. The van der Waals surface area contributed by atoms with Crippen molar-refractivity contribution < 1.29 is 14.6 Å². The van der Waals surface area contributed by atoms with Gasteiger partial charge in [-0.15, -0.1) is 0 Å². The number of carbonyl (C=O) groups excluding carboxylic acids is 1. The van der Waals surface area contributed by atoms with Crippen LogP contribution in [-0.4, -0.2) is 27.9 Å². The summed E-state index contributed by atoms with van der Waals surface area (Å²) in [5.41, 5.74) is 3.71. The zero-order valence-electron chi connectivity index (χ0n) is 14.6.